The molecular formula is C9H21N3O. The normalized spacial score (nSPS) is 24.7. The third-order valence-electron chi connectivity index (χ3n) is 2.29. The van der Waals surface area contributed by atoms with Gasteiger partial charge in [-0.3, -0.25) is 10.2 Å². The lowest BCUT2D eigenvalue weighted by Gasteiger charge is -2.41. The van der Waals surface area contributed by atoms with Crippen LogP contribution >= 0.6 is 0 Å². The van der Waals surface area contributed by atoms with Gasteiger partial charge >= 0.3 is 0 Å². The highest BCUT2D eigenvalue weighted by atomic mass is 16.3. The molecule has 1 rings (SSSR count). The number of hydrogen-bond acceptors (Lipinski definition) is 4. The Kier molecular flexibility index (Phi) is 3.67. The van der Waals surface area contributed by atoms with E-state index in [9.17, 15) is 5.11 Å². The van der Waals surface area contributed by atoms with Crippen molar-refractivity contribution in [2.75, 3.05) is 26.2 Å². The van der Waals surface area contributed by atoms with Gasteiger partial charge in [-0.2, -0.15) is 0 Å². The van der Waals surface area contributed by atoms with Gasteiger partial charge in [-0.1, -0.05) is 0 Å². The first-order chi connectivity index (χ1) is 6.02. The van der Waals surface area contributed by atoms with Crippen molar-refractivity contribution >= 4 is 0 Å². The summed E-state index contributed by atoms with van der Waals surface area (Å²) in [5.74, 6) is -0.865. The molecule has 1 heterocycles. The summed E-state index contributed by atoms with van der Waals surface area (Å²) in [7, 11) is 0. The van der Waals surface area contributed by atoms with Crippen molar-refractivity contribution < 1.29 is 5.11 Å². The first-order valence-electron chi connectivity index (χ1n) is 4.98. The van der Waals surface area contributed by atoms with Crippen molar-refractivity contribution in [1.82, 2.24) is 15.5 Å². The fraction of sp³-hybridized carbons (Fsp3) is 1.00. The van der Waals surface area contributed by atoms with E-state index in [1.807, 2.05) is 20.8 Å². The van der Waals surface area contributed by atoms with E-state index in [2.05, 4.69) is 15.5 Å². The molecule has 4 heteroatoms. The molecule has 1 aliphatic heterocycles. The fourth-order valence-electron chi connectivity index (χ4n) is 1.74. The minimum atomic E-state index is -0.865. The quantitative estimate of drug-likeness (QED) is 0.524. The van der Waals surface area contributed by atoms with Crippen molar-refractivity contribution in [3.63, 3.8) is 0 Å². The van der Waals surface area contributed by atoms with E-state index in [0.29, 0.717) is 6.04 Å². The highest BCUT2D eigenvalue weighted by molar-refractivity contribution is 4.78. The van der Waals surface area contributed by atoms with Gasteiger partial charge in [-0.15, -0.1) is 0 Å². The van der Waals surface area contributed by atoms with Crippen LogP contribution in [0, 0.1) is 0 Å². The lowest BCUT2D eigenvalue weighted by atomic mass is 10.2. The maximum atomic E-state index is 10.1. The molecule has 1 aliphatic rings. The van der Waals surface area contributed by atoms with Crippen molar-refractivity contribution in [3.05, 3.63) is 0 Å². The molecule has 0 aromatic heterocycles. The maximum Gasteiger partial charge on any atom is 0.171 e. The predicted octanol–water partition coefficient (Wildman–Crippen LogP) is -0.444. The zero-order valence-electron chi connectivity index (χ0n) is 8.80. The zero-order valence-corrected chi connectivity index (χ0v) is 8.80. The highest BCUT2D eigenvalue weighted by Crippen LogP contribution is 2.09. The second kappa shape index (κ2) is 4.37. The molecule has 0 radical (unpaired) electrons. The SMILES string of the molecule is CC(C)N[C@@](C)(O)N1CCNCC1. The van der Waals surface area contributed by atoms with Crippen LogP contribution < -0.4 is 10.6 Å². The van der Waals surface area contributed by atoms with Gasteiger partial charge in [-0.25, -0.2) is 0 Å². The Hall–Kier alpha value is -0.160. The van der Waals surface area contributed by atoms with Crippen molar-refractivity contribution in [1.29, 1.82) is 0 Å². The van der Waals surface area contributed by atoms with Crippen LogP contribution in [0.1, 0.15) is 20.8 Å². The summed E-state index contributed by atoms with van der Waals surface area (Å²) in [6.45, 7) is 9.59. The molecule has 0 saturated carbocycles. The molecular weight excluding hydrogens is 166 g/mol. The zero-order chi connectivity index (χ0) is 9.90. The Bertz CT molecular complexity index is 153. The summed E-state index contributed by atoms with van der Waals surface area (Å²) in [5.41, 5.74) is 0. The summed E-state index contributed by atoms with van der Waals surface area (Å²) >= 11 is 0. The minimum absolute atomic E-state index is 0.296. The molecule has 13 heavy (non-hydrogen) atoms. The van der Waals surface area contributed by atoms with E-state index in [1.54, 1.807) is 0 Å². The van der Waals surface area contributed by atoms with E-state index >= 15 is 0 Å². The van der Waals surface area contributed by atoms with Crippen LogP contribution in [-0.4, -0.2) is 48.1 Å². The van der Waals surface area contributed by atoms with Gasteiger partial charge in [0.25, 0.3) is 0 Å². The average Bonchev–Trinajstić information content (AvgIpc) is 2.04. The molecule has 0 amide bonds. The monoisotopic (exact) mass is 187 g/mol. The molecule has 0 aromatic rings. The number of nitrogens with zero attached hydrogens (tertiary/aromatic N) is 1. The van der Waals surface area contributed by atoms with E-state index in [-0.39, 0.29) is 0 Å². The molecule has 0 aromatic carbocycles. The van der Waals surface area contributed by atoms with Gasteiger partial charge in [0.1, 0.15) is 0 Å². The lowest BCUT2D eigenvalue weighted by molar-refractivity contribution is -0.128. The Labute approximate surface area is 80.3 Å². The van der Waals surface area contributed by atoms with Gasteiger partial charge in [0.15, 0.2) is 5.85 Å². The van der Waals surface area contributed by atoms with Gasteiger partial charge in [0, 0.05) is 32.2 Å². The second-order valence-corrected chi connectivity index (χ2v) is 4.06. The third kappa shape index (κ3) is 3.23. The fourth-order valence-corrected chi connectivity index (χ4v) is 1.74. The molecule has 3 N–H and O–H groups in total. The molecule has 0 spiro atoms. The van der Waals surface area contributed by atoms with Crippen LogP contribution in [0.4, 0.5) is 0 Å². The predicted molar refractivity (Wildman–Crippen MR) is 53.3 cm³/mol. The summed E-state index contributed by atoms with van der Waals surface area (Å²) in [4.78, 5) is 2.06. The Morgan fingerprint density at radius 1 is 1.38 bits per heavy atom. The maximum absolute atomic E-state index is 10.1. The van der Waals surface area contributed by atoms with Gasteiger partial charge in [-0.05, 0) is 20.8 Å². The first kappa shape index (κ1) is 10.9. The van der Waals surface area contributed by atoms with E-state index < -0.39 is 5.85 Å². The summed E-state index contributed by atoms with van der Waals surface area (Å²) in [6, 6.07) is 0.296. The minimum Gasteiger partial charge on any atom is -0.363 e. The standard InChI is InChI=1S/C9H21N3O/c1-8(2)11-9(3,13)12-6-4-10-5-7-12/h8,10-11,13H,4-7H2,1-3H3/t9-/m1/s1. The van der Waals surface area contributed by atoms with Crippen LogP contribution in [0.25, 0.3) is 0 Å². The second-order valence-electron chi connectivity index (χ2n) is 4.06. The Balaban J connectivity index is 2.45. The van der Waals surface area contributed by atoms with E-state index in [0.717, 1.165) is 26.2 Å². The summed E-state index contributed by atoms with van der Waals surface area (Å²) < 4.78 is 0. The van der Waals surface area contributed by atoms with Crippen molar-refractivity contribution in [2.24, 2.45) is 0 Å². The molecule has 0 unspecified atom stereocenters. The highest BCUT2D eigenvalue weighted by Gasteiger charge is 2.29. The number of piperazine rings is 1. The molecule has 78 valence electrons. The van der Waals surface area contributed by atoms with Crippen LogP contribution in [0.5, 0.6) is 0 Å². The van der Waals surface area contributed by atoms with Crippen molar-refractivity contribution in [3.8, 4) is 0 Å². The molecule has 1 saturated heterocycles. The van der Waals surface area contributed by atoms with Crippen LogP contribution in [-0.2, 0) is 0 Å². The van der Waals surface area contributed by atoms with E-state index in [1.165, 1.54) is 0 Å². The van der Waals surface area contributed by atoms with Crippen molar-refractivity contribution in [2.45, 2.75) is 32.7 Å². The summed E-state index contributed by atoms with van der Waals surface area (Å²) in [5, 5.41) is 16.5. The summed E-state index contributed by atoms with van der Waals surface area (Å²) in [6.07, 6.45) is 0. The molecule has 0 bridgehead atoms. The largest absolute Gasteiger partial charge is 0.363 e. The van der Waals surface area contributed by atoms with Crippen LogP contribution in [0.15, 0.2) is 0 Å². The number of nitrogens with one attached hydrogen (secondary N) is 2. The molecule has 4 nitrogen and oxygen atoms in total. The third-order valence-corrected chi connectivity index (χ3v) is 2.29. The smallest absolute Gasteiger partial charge is 0.171 e. The molecule has 0 aliphatic carbocycles. The van der Waals surface area contributed by atoms with Gasteiger partial charge < -0.3 is 10.4 Å². The Morgan fingerprint density at radius 3 is 2.38 bits per heavy atom. The van der Waals surface area contributed by atoms with E-state index in [4.69, 9.17) is 0 Å². The topological polar surface area (TPSA) is 47.5 Å². The molecule has 1 fully saturated rings. The average molecular weight is 187 g/mol. The number of rotatable bonds is 3. The van der Waals surface area contributed by atoms with Gasteiger partial charge in [0.05, 0.1) is 0 Å². The van der Waals surface area contributed by atoms with Crippen LogP contribution in [0.3, 0.4) is 0 Å². The molecule has 1 atom stereocenters. The lowest BCUT2D eigenvalue weighted by Crippen LogP contribution is -2.63. The number of hydrogen-bond donors (Lipinski definition) is 3. The van der Waals surface area contributed by atoms with Crippen LogP contribution in [0.2, 0.25) is 0 Å². The van der Waals surface area contributed by atoms with Gasteiger partial charge in [0.2, 0.25) is 0 Å². The first-order valence-corrected chi connectivity index (χ1v) is 4.98. The Morgan fingerprint density at radius 2 is 1.92 bits per heavy atom. The number of aliphatic hydroxyl groups is 1.